The van der Waals surface area contributed by atoms with Crippen molar-refractivity contribution in [3.8, 4) is 5.75 Å². The van der Waals surface area contributed by atoms with Crippen LogP contribution in [0.1, 0.15) is 6.42 Å². The second-order valence-electron chi connectivity index (χ2n) is 4.99. The van der Waals surface area contributed by atoms with Crippen molar-refractivity contribution in [2.45, 2.75) is 12.5 Å². The van der Waals surface area contributed by atoms with Crippen molar-refractivity contribution in [1.82, 2.24) is 4.90 Å². The summed E-state index contributed by atoms with van der Waals surface area (Å²) in [5.74, 6) is 0.714. The molecule has 2 unspecified atom stereocenters. The van der Waals surface area contributed by atoms with E-state index >= 15 is 0 Å². The van der Waals surface area contributed by atoms with Crippen molar-refractivity contribution in [2.75, 3.05) is 6.54 Å². The molecule has 0 radical (unpaired) electrons. The smallest absolute Gasteiger partial charge is 0.410 e. The van der Waals surface area contributed by atoms with Crippen molar-refractivity contribution >= 4 is 12.4 Å². The van der Waals surface area contributed by atoms with E-state index in [0.29, 0.717) is 18.7 Å². The highest BCUT2D eigenvalue weighted by Gasteiger charge is 2.39. The van der Waals surface area contributed by atoms with Crippen molar-refractivity contribution < 1.29 is 14.3 Å². The number of amides is 1. The third-order valence-corrected chi connectivity index (χ3v) is 3.81. The quantitative estimate of drug-likeness (QED) is 0.603. The summed E-state index contributed by atoms with van der Waals surface area (Å²) < 4.78 is 5.34. The number of rotatable bonds is 2. The molecule has 1 amide bonds. The van der Waals surface area contributed by atoms with Crippen LogP contribution in [0.3, 0.4) is 0 Å². The normalized spacial score (nSPS) is 28.2. The highest BCUT2D eigenvalue weighted by Crippen LogP contribution is 2.33. The fourth-order valence-corrected chi connectivity index (χ4v) is 2.75. The summed E-state index contributed by atoms with van der Waals surface area (Å²) in [5.41, 5.74) is 0. The number of piperidine rings is 1. The first kappa shape index (κ1) is 12.0. The molecule has 3 atom stereocenters. The standard InChI is InChI=1S/C15H15NO3/c17-10-12-8-13-7-6-11(12)9-16(13)15(18)19-14-4-2-1-3-5-14/h1-7,10-13H,8-9H2/t11?,12-,13?/m1/s1. The van der Waals surface area contributed by atoms with Gasteiger partial charge in [0.1, 0.15) is 12.0 Å². The van der Waals surface area contributed by atoms with E-state index in [0.717, 1.165) is 6.29 Å². The number of para-hydroxylation sites is 1. The molecule has 1 fully saturated rings. The van der Waals surface area contributed by atoms with Gasteiger partial charge >= 0.3 is 6.09 Å². The lowest BCUT2D eigenvalue weighted by molar-refractivity contribution is -0.114. The molecule has 1 aromatic carbocycles. The number of aldehydes is 1. The number of carbonyl (C=O) groups excluding carboxylic acids is 2. The molecule has 0 spiro atoms. The van der Waals surface area contributed by atoms with Gasteiger partial charge in [-0.15, -0.1) is 0 Å². The summed E-state index contributed by atoms with van der Waals surface area (Å²) in [6.07, 6.45) is 5.41. The van der Waals surface area contributed by atoms with E-state index in [1.54, 1.807) is 17.0 Å². The molecule has 1 saturated heterocycles. The van der Waals surface area contributed by atoms with Gasteiger partial charge in [0.25, 0.3) is 0 Å². The molecule has 0 N–H and O–H groups in total. The van der Waals surface area contributed by atoms with Crippen LogP contribution in [0, 0.1) is 11.8 Å². The van der Waals surface area contributed by atoms with E-state index in [2.05, 4.69) is 0 Å². The number of fused-ring (bicyclic) bond motifs is 2. The van der Waals surface area contributed by atoms with Crippen LogP contribution in [-0.2, 0) is 4.79 Å². The Hall–Kier alpha value is -2.10. The van der Waals surface area contributed by atoms with Crippen LogP contribution in [0.5, 0.6) is 5.75 Å². The van der Waals surface area contributed by atoms with Gasteiger partial charge in [-0.3, -0.25) is 0 Å². The van der Waals surface area contributed by atoms with Gasteiger partial charge in [0, 0.05) is 18.4 Å². The van der Waals surface area contributed by atoms with Gasteiger partial charge in [-0.2, -0.15) is 0 Å². The Morgan fingerprint density at radius 3 is 2.68 bits per heavy atom. The van der Waals surface area contributed by atoms with Crippen LogP contribution < -0.4 is 4.74 Å². The maximum Gasteiger partial charge on any atom is 0.415 e. The Morgan fingerprint density at radius 2 is 2.05 bits per heavy atom. The predicted octanol–water partition coefficient (Wildman–Crippen LogP) is 2.26. The Balaban J connectivity index is 1.70. The number of hydrogen-bond acceptors (Lipinski definition) is 3. The molecule has 1 aromatic rings. The molecule has 0 aromatic heterocycles. The molecule has 2 aliphatic heterocycles. The molecular weight excluding hydrogens is 242 g/mol. The van der Waals surface area contributed by atoms with Crippen LogP contribution >= 0.6 is 0 Å². The van der Waals surface area contributed by atoms with Crippen LogP contribution in [0.25, 0.3) is 0 Å². The van der Waals surface area contributed by atoms with E-state index in [-0.39, 0.29) is 24.0 Å². The van der Waals surface area contributed by atoms with Crippen molar-refractivity contribution in [2.24, 2.45) is 11.8 Å². The number of hydrogen-bond donors (Lipinski definition) is 0. The van der Waals surface area contributed by atoms with E-state index in [1.807, 2.05) is 30.4 Å². The number of benzene rings is 1. The van der Waals surface area contributed by atoms with Gasteiger partial charge in [-0.05, 0) is 18.6 Å². The van der Waals surface area contributed by atoms with E-state index in [1.165, 1.54) is 0 Å². The maximum atomic E-state index is 12.1. The number of nitrogens with zero attached hydrogens (tertiary/aromatic N) is 1. The molecule has 98 valence electrons. The van der Waals surface area contributed by atoms with Gasteiger partial charge in [0.15, 0.2) is 0 Å². The Bertz CT molecular complexity index is 511. The van der Waals surface area contributed by atoms with Crippen LogP contribution in [-0.4, -0.2) is 29.9 Å². The zero-order valence-electron chi connectivity index (χ0n) is 10.4. The lowest BCUT2D eigenvalue weighted by atomic mass is 9.78. The summed E-state index contributed by atoms with van der Waals surface area (Å²) in [7, 11) is 0. The summed E-state index contributed by atoms with van der Waals surface area (Å²) in [4.78, 5) is 24.8. The lowest BCUT2D eigenvalue weighted by Gasteiger charge is -2.43. The Morgan fingerprint density at radius 1 is 1.26 bits per heavy atom. The summed E-state index contributed by atoms with van der Waals surface area (Å²) >= 11 is 0. The molecule has 2 heterocycles. The first-order chi connectivity index (χ1) is 9.28. The molecule has 0 saturated carbocycles. The molecule has 19 heavy (non-hydrogen) atoms. The van der Waals surface area contributed by atoms with Gasteiger partial charge in [-0.1, -0.05) is 30.4 Å². The number of ether oxygens (including phenoxy) is 1. The molecule has 4 nitrogen and oxygen atoms in total. The monoisotopic (exact) mass is 257 g/mol. The molecule has 4 heteroatoms. The Labute approximate surface area is 111 Å². The Kier molecular flexibility index (Phi) is 3.07. The molecule has 1 aliphatic carbocycles. The van der Waals surface area contributed by atoms with Crippen LogP contribution in [0.2, 0.25) is 0 Å². The fraction of sp³-hybridized carbons (Fsp3) is 0.333. The average Bonchev–Trinajstić information content (AvgIpc) is 2.48. The maximum absolute atomic E-state index is 12.1. The molecule has 3 aliphatic rings. The molecular formula is C15H15NO3. The third-order valence-electron chi connectivity index (χ3n) is 3.81. The summed E-state index contributed by atoms with van der Waals surface area (Å²) in [5, 5.41) is 0. The van der Waals surface area contributed by atoms with Crippen molar-refractivity contribution in [3.05, 3.63) is 42.5 Å². The minimum atomic E-state index is -0.338. The SMILES string of the molecule is O=C[C@H]1CC2C=CC1CN2C(=O)Oc1ccccc1. The molecule has 4 rings (SSSR count). The first-order valence-electron chi connectivity index (χ1n) is 6.45. The third kappa shape index (κ3) is 2.26. The zero-order valence-corrected chi connectivity index (χ0v) is 10.4. The summed E-state index contributed by atoms with van der Waals surface area (Å²) in [6.45, 7) is 0.566. The lowest BCUT2D eigenvalue weighted by Crippen LogP contribution is -2.52. The van der Waals surface area contributed by atoms with Gasteiger partial charge < -0.3 is 14.4 Å². The minimum absolute atomic E-state index is 0.0172. The highest BCUT2D eigenvalue weighted by molar-refractivity contribution is 5.72. The zero-order chi connectivity index (χ0) is 13.2. The fourth-order valence-electron chi connectivity index (χ4n) is 2.75. The van der Waals surface area contributed by atoms with E-state index < -0.39 is 0 Å². The van der Waals surface area contributed by atoms with Gasteiger partial charge in [0.2, 0.25) is 0 Å². The van der Waals surface area contributed by atoms with Crippen LogP contribution in [0.4, 0.5) is 4.79 Å². The predicted molar refractivity (Wildman–Crippen MR) is 69.8 cm³/mol. The van der Waals surface area contributed by atoms with Gasteiger partial charge in [0.05, 0.1) is 6.04 Å². The van der Waals surface area contributed by atoms with Crippen molar-refractivity contribution in [3.63, 3.8) is 0 Å². The molecule has 2 bridgehead atoms. The van der Waals surface area contributed by atoms with Crippen LogP contribution in [0.15, 0.2) is 42.5 Å². The highest BCUT2D eigenvalue weighted by atomic mass is 16.6. The number of carbonyl (C=O) groups is 2. The average molecular weight is 257 g/mol. The second-order valence-corrected chi connectivity index (χ2v) is 4.99. The van der Waals surface area contributed by atoms with E-state index in [9.17, 15) is 9.59 Å². The topological polar surface area (TPSA) is 46.6 Å². The van der Waals surface area contributed by atoms with Gasteiger partial charge in [-0.25, -0.2) is 4.79 Å². The van der Waals surface area contributed by atoms with E-state index in [4.69, 9.17) is 4.74 Å². The second kappa shape index (κ2) is 4.88. The first-order valence-corrected chi connectivity index (χ1v) is 6.45. The minimum Gasteiger partial charge on any atom is -0.410 e. The summed E-state index contributed by atoms with van der Waals surface area (Å²) in [6, 6.07) is 9.02. The van der Waals surface area contributed by atoms with Crippen molar-refractivity contribution in [1.29, 1.82) is 0 Å². The largest absolute Gasteiger partial charge is 0.415 e.